The number of hydrogen-bond donors (Lipinski definition) is 2. The van der Waals surface area contributed by atoms with Crippen LogP contribution in [0.2, 0.25) is 0 Å². The molecule has 0 amide bonds. The lowest BCUT2D eigenvalue weighted by Crippen LogP contribution is -2.45. The summed E-state index contributed by atoms with van der Waals surface area (Å²) in [6, 6.07) is 4.17. The lowest BCUT2D eigenvalue weighted by molar-refractivity contribution is 0.00457. The van der Waals surface area contributed by atoms with E-state index in [-0.39, 0.29) is 18.1 Å². The number of nitrogens with one attached hydrogen (secondary N) is 1. The van der Waals surface area contributed by atoms with Gasteiger partial charge >= 0.3 is 0 Å². The highest BCUT2D eigenvalue weighted by Crippen LogP contribution is 2.49. The Morgan fingerprint density at radius 3 is 2.92 bits per heavy atom. The zero-order valence-electron chi connectivity index (χ0n) is 13.8. The molecule has 1 unspecified atom stereocenters. The third-order valence-corrected chi connectivity index (χ3v) is 5.19. The smallest absolute Gasteiger partial charge is 0.155 e. The van der Waals surface area contributed by atoms with Gasteiger partial charge in [-0.1, -0.05) is 6.42 Å². The molecule has 2 N–H and O–H groups in total. The van der Waals surface area contributed by atoms with Crippen LogP contribution in [0, 0.1) is 5.41 Å². The number of aliphatic hydroxyl groups excluding tert-OH is 1. The predicted molar refractivity (Wildman–Crippen MR) is 89.1 cm³/mol. The van der Waals surface area contributed by atoms with E-state index in [1.165, 1.54) is 6.42 Å². The topological polar surface area (TPSA) is 80.3 Å². The molecule has 1 aliphatic rings. The zero-order valence-corrected chi connectivity index (χ0v) is 13.8. The Morgan fingerprint density at radius 2 is 2.25 bits per heavy atom. The number of aryl methyl sites for hydroxylation is 1. The van der Waals surface area contributed by atoms with Crippen LogP contribution >= 0.6 is 0 Å². The first kappa shape index (κ1) is 15.3. The van der Waals surface area contributed by atoms with Crippen LogP contribution in [0.25, 0.3) is 5.65 Å². The summed E-state index contributed by atoms with van der Waals surface area (Å²) < 4.78 is 3.57. The van der Waals surface area contributed by atoms with Crippen LogP contribution in [0.15, 0.2) is 37.1 Å². The summed E-state index contributed by atoms with van der Waals surface area (Å²) >= 11 is 0. The first-order valence-electron chi connectivity index (χ1n) is 8.31. The summed E-state index contributed by atoms with van der Waals surface area (Å²) in [7, 11) is 1.92. The van der Waals surface area contributed by atoms with Gasteiger partial charge in [-0.2, -0.15) is 10.2 Å². The highest BCUT2D eigenvalue weighted by Gasteiger charge is 2.44. The van der Waals surface area contributed by atoms with E-state index < -0.39 is 0 Å². The first-order chi connectivity index (χ1) is 11.7. The number of aromatic nitrogens is 5. The molecular weight excluding hydrogens is 304 g/mol. The summed E-state index contributed by atoms with van der Waals surface area (Å²) in [5, 5.41) is 22.1. The van der Waals surface area contributed by atoms with Crippen molar-refractivity contribution in [2.75, 3.05) is 6.61 Å². The van der Waals surface area contributed by atoms with Crippen molar-refractivity contribution < 1.29 is 5.11 Å². The van der Waals surface area contributed by atoms with E-state index in [9.17, 15) is 5.11 Å². The molecule has 0 saturated heterocycles. The average molecular weight is 326 g/mol. The maximum Gasteiger partial charge on any atom is 0.155 e. The molecule has 0 radical (unpaired) electrons. The Bertz CT molecular complexity index is 829. The van der Waals surface area contributed by atoms with E-state index in [0.717, 1.165) is 29.6 Å². The molecule has 24 heavy (non-hydrogen) atoms. The highest BCUT2D eigenvalue weighted by atomic mass is 16.3. The molecule has 7 nitrogen and oxygen atoms in total. The Kier molecular flexibility index (Phi) is 3.82. The van der Waals surface area contributed by atoms with Crippen molar-refractivity contribution in [1.29, 1.82) is 0 Å². The molecule has 1 aliphatic carbocycles. The molecule has 3 aromatic heterocycles. The van der Waals surface area contributed by atoms with Crippen LogP contribution in [0.5, 0.6) is 0 Å². The molecule has 126 valence electrons. The lowest BCUT2D eigenvalue weighted by atomic mass is 9.63. The van der Waals surface area contributed by atoms with Gasteiger partial charge in [0.15, 0.2) is 5.65 Å². The Labute approximate surface area is 140 Å². The molecule has 7 heteroatoms. The number of aliphatic hydroxyl groups is 1. The van der Waals surface area contributed by atoms with Crippen molar-refractivity contribution in [3.8, 4) is 0 Å². The molecule has 3 heterocycles. The number of rotatable bonds is 6. The summed E-state index contributed by atoms with van der Waals surface area (Å²) in [6.07, 6.45) is 10.7. The second-order valence-corrected chi connectivity index (χ2v) is 6.73. The predicted octanol–water partition coefficient (Wildman–Crippen LogP) is 1.46. The van der Waals surface area contributed by atoms with Gasteiger partial charge in [0.1, 0.15) is 6.33 Å². The molecule has 0 aromatic carbocycles. The first-order valence-corrected chi connectivity index (χ1v) is 8.31. The van der Waals surface area contributed by atoms with Crippen LogP contribution in [0.1, 0.15) is 36.4 Å². The summed E-state index contributed by atoms with van der Waals surface area (Å²) in [4.78, 5) is 4.23. The second kappa shape index (κ2) is 5.99. The van der Waals surface area contributed by atoms with Crippen LogP contribution in [-0.4, -0.2) is 36.1 Å². The van der Waals surface area contributed by atoms with Gasteiger partial charge in [-0.05, 0) is 30.5 Å². The lowest BCUT2D eigenvalue weighted by Gasteiger charge is -2.46. The minimum Gasteiger partial charge on any atom is -0.396 e. The van der Waals surface area contributed by atoms with Crippen molar-refractivity contribution in [2.45, 2.75) is 31.8 Å². The van der Waals surface area contributed by atoms with E-state index in [4.69, 9.17) is 0 Å². The number of pyridine rings is 1. The third-order valence-electron chi connectivity index (χ3n) is 5.19. The van der Waals surface area contributed by atoms with E-state index >= 15 is 0 Å². The normalized spacial score (nSPS) is 17.8. The SMILES string of the molecule is Cn1cc(C(NCc2ccn3ncnc3c2)C2(CO)CCC2)cn1. The van der Waals surface area contributed by atoms with E-state index in [2.05, 4.69) is 20.5 Å². The maximum atomic E-state index is 10.00. The third kappa shape index (κ3) is 2.59. The fourth-order valence-electron chi connectivity index (χ4n) is 3.63. The Hall–Kier alpha value is -2.25. The van der Waals surface area contributed by atoms with E-state index in [1.54, 1.807) is 10.8 Å². The monoisotopic (exact) mass is 326 g/mol. The van der Waals surface area contributed by atoms with Gasteiger partial charge in [0.05, 0.1) is 12.8 Å². The number of fused-ring (bicyclic) bond motifs is 1. The van der Waals surface area contributed by atoms with E-state index in [1.807, 2.05) is 42.5 Å². The molecule has 0 aliphatic heterocycles. The van der Waals surface area contributed by atoms with Gasteiger partial charge in [0.2, 0.25) is 0 Å². The number of nitrogens with zero attached hydrogens (tertiary/aromatic N) is 5. The van der Waals surface area contributed by atoms with Gasteiger partial charge in [-0.3, -0.25) is 4.68 Å². The zero-order chi connectivity index (χ0) is 16.6. The molecule has 1 fully saturated rings. The summed E-state index contributed by atoms with van der Waals surface area (Å²) in [5.41, 5.74) is 3.04. The van der Waals surface area contributed by atoms with Crippen molar-refractivity contribution in [2.24, 2.45) is 12.5 Å². The largest absolute Gasteiger partial charge is 0.396 e. The van der Waals surface area contributed by atoms with Crippen LogP contribution in [0.3, 0.4) is 0 Å². The van der Waals surface area contributed by atoms with Gasteiger partial charge < -0.3 is 10.4 Å². The standard InChI is InChI=1S/C17H22N6O/c1-22-10-14(9-20-22)16(17(11-24)4-2-5-17)18-8-13-3-6-23-15(7-13)19-12-21-23/h3,6-7,9-10,12,16,18,24H,2,4-5,8,11H2,1H3. The van der Waals surface area contributed by atoms with E-state index in [0.29, 0.717) is 6.54 Å². The molecule has 4 rings (SSSR count). The van der Waals surface area contributed by atoms with Crippen LogP contribution in [-0.2, 0) is 13.6 Å². The quantitative estimate of drug-likeness (QED) is 0.717. The fraction of sp³-hybridized carbons (Fsp3) is 0.471. The average Bonchev–Trinajstić information content (AvgIpc) is 3.18. The highest BCUT2D eigenvalue weighted by molar-refractivity contribution is 5.39. The second-order valence-electron chi connectivity index (χ2n) is 6.73. The minimum atomic E-state index is -0.0814. The van der Waals surface area contributed by atoms with Crippen molar-refractivity contribution >= 4 is 5.65 Å². The van der Waals surface area contributed by atoms with Gasteiger partial charge in [0, 0.05) is 43.0 Å². The van der Waals surface area contributed by atoms with Crippen molar-refractivity contribution in [1.82, 2.24) is 29.7 Å². The Balaban J connectivity index is 1.57. The fourth-order valence-corrected chi connectivity index (χ4v) is 3.63. The maximum absolute atomic E-state index is 10.00. The van der Waals surface area contributed by atoms with Crippen LogP contribution < -0.4 is 5.32 Å². The molecule has 1 atom stereocenters. The van der Waals surface area contributed by atoms with Crippen LogP contribution in [0.4, 0.5) is 0 Å². The van der Waals surface area contributed by atoms with Gasteiger partial charge in [0.25, 0.3) is 0 Å². The molecule has 0 spiro atoms. The Morgan fingerprint density at radius 1 is 1.38 bits per heavy atom. The molecule has 3 aromatic rings. The molecule has 1 saturated carbocycles. The van der Waals surface area contributed by atoms with Gasteiger partial charge in [-0.25, -0.2) is 9.50 Å². The minimum absolute atomic E-state index is 0.0814. The summed E-state index contributed by atoms with van der Waals surface area (Å²) in [5.74, 6) is 0. The van der Waals surface area contributed by atoms with Crippen molar-refractivity contribution in [3.05, 3.63) is 48.2 Å². The summed E-state index contributed by atoms with van der Waals surface area (Å²) in [6.45, 7) is 0.910. The number of hydrogen-bond acceptors (Lipinski definition) is 5. The molecule has 0 bridgehead atoms. The van der Waals surface area contributed by atoms with Gasteiger partial charge in [-0.15, -0.1) is 0 Å². The molecular formula is C17H22N6O. The van der Waals surface area contributed by atoms with Crippen molar-refractivity contribution in [3.63, 3.8) is 0 Å².